The number of hydrogen-bond acceptors (Lipinski definition) is 4. The van der Waals surface area contributed by atoms with Crippen molar-refractivity contribution in [2.24, 2.45) is 4.99 Å². The highest BCUT2D eigenvalue weighted by molar-refractivity contribution is 5.82. The van der Waals surface area contributed by atoms with Gasteiger partial charge in [-0.15, -0.1) is 0 Å². The second-order valence-corrected chi connectivity index (χ2v) is 7.89. The van der Waals surface area contributed by atoms with Gasteiger partial charge in [0.1, 0.15) is 6.10 Å². The Hall–Kier alpha value is -2.12. The molecule has 0 bridgehead atoms. The van der Waals surface area contributed by atoms with E-state index in [1.54, 1.807) is 0 Å². The van der Waals surface area contributed by atoms with Gasteiger partial charge in [-0.2, -0.15) is 0 Å². The van der Waals surface area contributed by atoms with E-state index in [1.165, 1.54) is 5.56 Å². The summed E-state index contributed by atoms with van der Waals surface area (Å²) in [6, 6.07) is 11.0. The van der Waals surface area contributed by atoms with E-state index in [2.05, 4.69) is 64.3 Å². The number of carbonyl (C=O) groups is 1. The third kappa shape index (κ3) is 5.52. The molecule has 1 aromatic carbocycles. The molecule has 0 aliphatic carbocycles. The topological polar surface area (TPSA) is 60.4 Å². The molecule has 7 nitrogen and oxygen atoms in total. The molecule has 0 aromatic heterocycles. The predicted molar refractivity (Wildman–Crippen MR) is 121 cm³/mol. The van der Waals surface area contributed by atoms with Gasteiger partial charge in [-0.25, -0.2) is 0 Å². The van der Waals surface area contributed by atoms with Gasteiger partial charge >= 0.3 is 0 Å². The fraction of sp³-hybridized carbons (Fsp3) is 0.652. The van der Waals surface area contributed by atoms with Crippen molar-refractivity contribution in [3.63, 3.8) is 0 Å². The number of nitrogens with zero attached hydrogens (tertiary/aromatic N) is 4. The Morgan fingerprint density at radius 2 is 1.83 bits per heavy atom. The van der Waals surface area contributed by atoms with E-state index >= 15 is 0 Å². The van der Waals surface area contributed by atoms with Crippen LogP contribution in [0.5, 0.6) is 0 Å². The summed E-state index contributed by atoms with van der Waals surface area (Å²) in [7, 11) is 1.83. The Balaban J connectivity index is 1.56. The smallest absolute Gasteiger partial charge is 0.251 e. The summed E-state index contributed by atoms with van der Waals surface area (Å²) < 4.78 is 5.57. The molecule has 2 heterocycles. The Kier molecular flexibility index (Phi) is 8.51. The van der Waals surface area contributed by atoms with E-state index < -0.39 is 0 Å². The lowest BCUT2D eigenvalue weighted by Crippen LogP contribution is -2.56. The van der Waals surface area contributed by atoms with Crippen molar-refractivity contribution in [3.05, 3.63) is 35.9 Å². The van der Waals surface area contributed by atoms with Gasteiger partial charge in [0, 0.05) is 46.4 Å². The molecule has 7 heteroatoms. The average molecular weight is 416 g/mol. The first-order valence-corrected chi connectivity index (χ1v) is 11.3. The van der Waals surface area contributed by atoms with Gasteiger partial charge in [-0.1, -0.05) is 44.2 Å². The maximum atomic E-state index is 12.6. The van der Waals surface area contributed by atoms with Gasteiger partial charge in [0.15, 0.2) is 5.96 Å². The van der Waals surface area contributed by atoms with Crippen molar-refractivity contribution in [1.82, 2.24) is 20.0 Å². The number of guanidine groups is 1. The van der Waals surface area contributed by atoms with E-state index in [9.17, 15) is 4.79 Å². The molecular weight excluding hydrogens is 378 g/mol. The van der Waals surface area contributed by atoms with Crippen LogP contribution in [0.3, 0.4) is 0 Å². The number of benzene rings is 1. The molecule has 2 aliphatic heterocycles. The highest BCUT2D eigenvalue weighted by Crippen LogP contribution is 2.20. The van der Waals surface area contributed by atoms with Crippen molar-refractivity contribution < 1.29 is 9.53 Å². The number of carbonyl (C=O) groups excluding carboxylic acids is 1. The molecule has 2 fully saturated rings. The minimum Gasteiger partial charge on any atom is -0.368 e. The lowest BCUT2D eigenvalue weighted by atomic mass is 10.1. The third-order valence-corrected chi connectivity index (χ3v) is 6.20. The summed E-state index contributed by atoms with van der Waals surface area (Å²) in [4.78, 5) is 23.8. The van der Waals surface area contributed by atoms with Gasteiger partial charge in [-0.3, -0.25) is 14.7 Å². The molecular formula is C23H37N5O2. The maximum absolute atomic E-state index is 12.6. The summed E-state index contributed by atoms with van der Waals surface area (Å²) in [6.45, 7) is 10.9. The van der Waals surface area contributed by atoms with Crippen LogP contribution in [0, 0.1) is 0 Å². The van der Waals surface area contributed by atoms with Crippen molar-refractivity contribution in [2.75, 3.05) is 59.5 Å². The molecule has 2 unspecified atom stereocenters. The van der Waals surface area contributed by atoms with Crippen LogP contribution in [0.1, 0.15) is 38.3 Å². The fourth-order valence-electron chi connectivity index (χ4n) is 4.43. The number of likely N-dealkylation sites (N-methyl/N-ethyl adjacent to an activating group) is 1. The second kappa shape index (κ2) is 11.3. The van der Waals surface area contributed by atoms with Crippen molar-refractivity contribution in [3.8, 4) is 0 Å². The monoisotopic (exact) mass is 415 g/mol. The van der Waals surface area contributed by atoms with E-state index in [0.29, 0.717) is 12.6 Å². The number of hydrogen-bond donors (Lipinski definition) is 1. The van der Waals surface area contributed by atoms with Crippen molar-refractivity contribution in [1.29, 1.82) is 0 Å². The Morgan fingerprint density at radius 1 is 1.17 bits per heavy atom. The van der Waals surface area contributed by atoms with Gasteiger partial charge in [0.05, 0.1) is 6.04 Å². The van der Waals surface area contributed by atoms with E-state index in [0.717, 1.165) is 64.6 Å². The molecule has 1 N–H and O–H groups in total. The first kappa shape index (κ1) is 22.6. The van der Waals surface area contributed by atoms with Crippen molar-refractivity contribution >= 4 is 11.9 Å². The van der Waals surface area contributed by atoms with Crippen LogP contribution in [-0.4, -0.2) is 92.1 Å². The Bertz CT molecular complexity index is 678. The lowest BCUT2D eigenvalue weighted by Gasteiger charge is -2.38. The van der Waals surface area contributed by atoms with Gasteiger partial charge in [-0.05, 0) is 31.5 Å². The van der Waals surface area contributed by atoms with Crippen LogP contribution < -0.4 is 5.32 Å². The fourth-order valence-corrected chi connectivity index (χ4v) is 4.43. The predicted octanol–water partition coefficient (Wildman–Crippen LogP) is 1.97. The molecule has 2 aliphatic rings. The second-order valence-electron chi connectivity index (χ2n) is 7.89. The summed E-state index contributed by atoms with van der Waals surface area (Å²) in [5, 5.41) is 3.59. The molecule has 0 spiro atoms. The van der Waals surface area contributed by atoms with E-state index in [-0.39, 0.29) is 12.0 Å². The molecule has 2 saturated heterocycles. The zero-order valence-corrected chi connectivity index (χ0v) is 18.7. The first-order chi connectivity index (χ1) is 14.7. The van der Waals surface area contributed by atoms with Crippen LogP contribution >= 0.6 is 0 Å². The highest BCUT2D eigenvalue weighted by Gasteiger charge is 2.31. The lowest BCUT2D eigenvalue weighted by molar-refractivity contribution is -0.142. The number of rotatable bonds is 7. The zero-order chi connectivity index (χ0) is 21.3. The first-order valence-electron chi connectivity index (χ1n) is 11.3. The van der Waals surface area contributed by atoms with Crippen LogP contribution in [0.2, 0.25) is 0 Å². The van der Waals surface area contributed by atoms with E-state index in [1.807, 2.05) is 11.9 Å². The standard InChI is InChI=1S/C23H37N5O2/c1-4-26(5-2)20(19-10-7-6-8-11-19)18-25-23(24-3)28-15-13-27(14-16-28)22(29)21-12-9-17-30-21/h6-8,10-11,20-21H,4-5,9,12-18H2,1-3H3,(H,24,25). The molecule has 30 heavy (non-hydrogen) atoms. The average Bonchev–Trinajstić information content (AvgIpc) is 3.34. The number of piperazine rings is 1. The quantitative estimate of drug-likeness (QED) is 0.545. The van der Waals surface area contributed by atoms with Crippen LogP contribution in [0.25, 0.3) is 0 Å². The van der Waals surface area contributed by atoms with Gasteiger partial charge in [0.25, 0.3) is 5.91 Å². The Labute approximate surface area is 181 Å². The molecule has 0 saturated carbocycles. The SMILES string of the molecule is CCN(CC)C(CNC(=NC)N1CCN(C(=O)C2CCCO2)CC1)c1ccccc1. The number of ether oxygens (including phenoxy) is 1. The minimum atomic E-state index is -0.227. The van der Waals surface area contributed by atoms with Crippen LogP contribution in [0.15, 0.2) is 35.3 Å². The molecule has 166 valence electrons. The summed E-state index contributed by atoms with van der Waals surface area (Å²) in [5.41, 5.74) is 1.32. The molecule has 1 aromatic rings. The highest BCUT2D eigenvalue weighted by atomic mass is 16.5. The zero-order valence-electron chi connectivity index (χ0n) is 18.7. The van der Waals surface area contributed by atoms with E-state index in [4.69, 9.17) is 4.74 Å². The van der Waals surface area contributed by atoms with Crippen LogP contribution in [-0.2, 0) is 9.53 Å². The molecule has 0 radical (unpaired) electrons. The third-order valence-electron chi connectivity index (χ3n) is 6.20. The number of aliphatic imine (C=N–C) groups is 1. The van der Waals surface area contributed by atoms with Crippen molar-refractivity contribution in [2.45, 2.75) is 38.8 Å². The van der Waals surface area contributed by atoms with Crippen LogP contribution in [0.4, 0.5) is 0 Å². The number of nitrogens with one attached hydrogen (secondary N) is 1. The normalized spacial score (nSPS) is 21.2. The molecule has 3 rings (SSSR count). The number of amides is 1. The van der Waals surface area contributed by atoms with Gasteiger partial charge < -0.3 is 19.9 Å². The molecule has 2 atom stereocenters. The summed E-state index contributed by atoms with van der Waals surface area (Å²) in [6.07, 6.45) is 1.62. The maximum Gasteiger partial charge on any atom is 0.251 e. The summed E-state index contributed by atoms with van der Waals surface area (Å²) >= 11 is 0. The minimum absolute atomic E-state index is 0.153. The van der Waals surface area contributed by atoms with Gasteiger partial charge in [0.2, 0.25) is 0 Å². The Morgan fingerprint density at radius 3 is 2.40 bits per heavy atom. The molecule has 1 amide bonds. The largest absolute Gasteiger partial charge is 0.368 e. The summed E-state index contributed by atoms with van der Waals surface area (Å²) in [5.74, 6) is 1.06.